The normalized spacial score (nSPS) is 18.7. The van der Waals surface area contributed by atoms with E-state index >= 15 is 0 Å². The SMILES string of the molecule is CCCCC(CC)COc1ccccc1B1OCC(C)(C)CO1. The van der Waals surface area contributed by atoms with Crippen LogP contribution in [0.1, 0.15) is 53.4 Å². The van der Waals surface area contributed by atoms with Gasteiger partial charge in [0.25, 0.3) is 0 Å². The van der Waals surface area contributed by atoms with E-state index in [4.69, 9.17) is 14.0 Å². The largest absolute Gasteiger partial charge is 0.497 e. The number of hydrogen-bond acceptors (Lipinski definition) is 3. The Hall–Kier alpha value is -0.995. The summed E-state index contributed by atoms with van der Waals surface area (Å²) in [7, 11) is -0.310. The van der Waals surface area contributed by atoms with Gasteiger partial charge in [0.15, 0.2) is 0 Å². The fraction of sp³-hybridized carbons (Fsp3) is 0.684. The first kappa shape index (κ1) is 18.3. The van der Waals surface area contributed by atoms with Crippen molar-refractivity contribution in [2.45, 2.75) is 53.4 Å². The molecule has 1 atom stereocenters. The fourth-order valence-electron chi connectivity index (χ4n) is 2.78. The first-order valence-electron chi connectivity index (χ1n) is 9.00. The van der Waals surface area contributed by atoms with Crippen molar-refractivity contribution in [1.82, 2.24) is 0 Å². The highest BCUT2D eigenvalue weighted by molar-refractivity contribution is 6.62. The summed E-state index contributed by atoms with van der Waals surface area (Å²) in [5, 5.41) is 0. The summed E-state index contributed by atoms with van der Waals surface area (Å²) in [4.78, 5) is 0. The van der Waals surface area contributed by atoms with Gasteiger partial charge >= 0.3 is 7.12 Å². The predicted octanol–water partition coefficient (Wildman–Crippen LogP) is 4.05. The lowest BCUT2D eigenvalue weighted by molar-refractivity contribution is 0.0340. The van der Waals surface area contributed by atoms with Gasteiger partial charge in [0.05, 0.1) is 6.61 Å². The lowest BCUT2D eigenvalue weighted by atomic mass is 9.75. The van der Waals surface area contributed by atoms with Crippen LogP contribution >= 0.6 is 0 Å². The van der Waals surface area contributed by atoms with Gasteiger partial charge in [-0.2, -0.15) is 0 Å². The molecule has 3 nitrogen and oxygen atoms in total. The molecule has 0 aromatic heterocycles. The summed E-state index contributed by atoms with van der Waals surface area (Å²) < 4.78 is 18.0. The summed E-state index contributed by atoms with van der Waals surface area (Å²) in [5.41, 5.74) is 1.09. The van der Waals surface area contributed by atoms with Crippen LogP contribution in [0, 0.1) is 11.3 Å². The highest BCUT2D eigenvalue weighted by atomic mass is 16.6. The molecule has 1 aliphatic rings. The van der Waals surface area contributed by atoms with Gasteiger partial charge in [-0.05, 0) is 18.4 Å². The van der Waals surface area contributed by atoms with Crippen LogP contribution in [0.4, 0.5) is 0 Å². The standard InChI is InChI=1S/C19H31BO3/c1-5-7-10-16(6-2)13-21-18-12-9-8-11-17(18)20-22-14-19(3,4)15-23-20/h8-9,11-12,16H,5-7,10,13-15H2,1-4H3. The Bertz CT molecular complexity index is 465. The number of hydrogen-bond donors (Lipinski definition) is 0. The zero-order valence-electron chi connectivity index (χ0n) is 15.1. The molecular formula is C19H31BO3. The number of unbranched alkanes of at least 4 members (excludes halogenated alkanes) is 1. The van der Waals surface area contributed by atoms with Crippen LogP contribution in [-0.4, -0.2) is 26.9 Å². The van der Waals surface area contributed by atoms with Crippen molar-refractivity contribution in [3.05, 3.63) is 24.3 Å². The van der Waals surface area contributed by atoms with Crippen LogP contribution in [-0.2, 0) is 9.31 Å². The van der Waals surface area contributed by atoms with Gasteiger partial charge in [0.2, 0.25) is 0 Å². The smallest absolute Gasteiger partial charge is 0.494 e. The molecule has 4 heteroatoms. The molecule has 1 heterocycles. The second-order valence-corrected chi connectivity index (χ2v) is 7.38. The van der Waals surface area contributed by atoms with Crippen molar-refractivity contribution in [2.75, 3.05) is 19.8 Å². The minimum Gasteiger partial charge on any atom is -0.494 e. The molecular weight excluding hydrogens is 287 g/mol. The van der Waals surface area contributed by atoms with Crippen molar-refractivity contribution in [3.8, 4) is 5.75 Å². The summed E-state index contributed by atoms with van der Waals surface area (Å²) in [6.07, 6.45) is 4.91. The Morgan fingerprint density at radius 2 is 1.87 bits per heavy atom. The molecule has 1 saturated heterocycles. The molecule has 0 saturated carbocycles. The van der Waals surface area contributed by atoms with Gasteiger partial charge in [-0.3, -0.25) is 0 Å². The Morgan fingerprint density at radius 3 is 2.52 bits per heavy atom. The second-order valence-electron chi connectivity index (χ2n) is 7.38. The maximum atomic E-state index is 6.13. The molecule has 23 heavy (non-hydrogen) atoms. The van der Waals surface area contributed by atoms with Crippen molar-refractivity contribution < 1.29 is 14.0 Å². The third-order valence-corrected chi connectivity index (χ3v) is 4.44. The van der Waals surface area contributed by atoms with E-state index in [0.717, 1.165) is 24.2 Å². The highest BCUT2D eigenvalue weighted by Gasteiger charge is 2.35. The number of rotatable bonds is 8. The topological polar surface area (TPSA) is 27.7 Å². The molecule has 1 aliphatic heterocycles. The van der Waals surface area contributed by atoms with E-state index in [1.54, 1.807) is 0 Å². The summed E-state index contributed by atoms with van der Waals surface area (Å²) in [6.45, 7) is 11.0. The molecule has 0 N–H and O–H groups in total. The van der Waals surface area contributed by atoms with Gasteiger partial charge in [-0.15, -0.1) is 0 Å². The summed E-state index contributed by atoms with van der Waals surface area (Å²) in [6, 6.07) is 8.10. The average Bonchev–Trinajstić information content (AvgIpc) is 2.55. The van der Waals surface area contributed by atoms with Crippen molar-refractivity contribution in [2.24, 2.45) is 11.3 Å². The molecule has 0 amide bonds. The molecule has 128 valence electrons. The molecule has 2 rings (SSSR count). The van der Waals surface area contributed by atoms with Crippen molar-refractivity contribution in [1.29, 1.82) is 0 Å². The third kappa shape index (κ3) is 5.54. The van der Waals surface area contributed by atoms with Crippen LogP contribution in [0.15, 0.2) is 24.3 Å². The highest BCUT2D eigenvalue weighted by Crippen LogP contribution is 2.23. The quantitative estimate of drug-likeness (QED) is 0.677. The molecule has 1 fully saturated rings. The lowest BCUT2D eigenvalue weighted by Crippen LogP contribution is -2.47. The fourth-order valence-corrected chi connectivity index (χ4v) is 2.78. The molecule has 0 bridgehead atoms. The lowest BCUT2D eigenvalue weighted by Gasteiger charge is -2.33. The maximum absolute atomic E-state index is 6.13. The molecule has 1 unspecified atom stereocenters. The molecule has 0 aliphatic carbocycles. The number of para-hydroxylation sites is 1. The minimum absolute atomic E-state index is 0.0831. The van der Waals surface area contributed by atoms with Crippen LogP contribution in [0.3, 0.4) is 0 Å². The first-order chi connectivity index (χ1) is 11.1. The third-order valence-electron chi connectivity index (χ3n) is 4.44. The van der Waals surface area contributed by atoms with E-state index in [1.807, 2.05) is 24.3 Å². The Morgan fingerprint density at radius 1 is 1.17 bits per heavy atom. The van der Waals surface area contributed by atoms with Crippen LogP contribution in [0.5, 0.6) is 5.75 Å². The molecule has 0 radical (unpaired) electrons. The Kier molecular flexibility index (Phi) is 6.97. The number of benzene rings is 1. The molecule has 1 aromatic carbocycles. The van der Waals surface area contributed by atoms with Gasteiger partial charge in [-0.1, -0.05) is 65.2 Å². The number of ether oxygens (including phenoxy) is 1. The monoisotopic (exact) mass is 318 g/mol. The van der Waals surface area contributed by atoms with E-state index in [9.17, 15) is 0 Å². The zero-order valence-corrected chi connectivity index (χ0v) is 15.1. The van der Waals surface area contributed by atoms with Gasteiger partial charge in [0, 0.05) is 24.1 Å². The summed E-state index contributed by atoms with van der Waals surface area (Å²) >= 11 is 0. The van der Waals surface area contributed by atoms with E-state index in [-0.39, 0.29) is 12.5 Å². The van der Waals surface area contributed by atoms with Gasteiger partial charge in [0.1, 0.15) is 5.75 Å². The van der Waals surface area contributed by atoms with E-state index in [0.29, 0.717) is 19.1 Å². The van der Waals surface area contributed by atoms with Crippen molar-refractivity contribution in [3.63, 3.8) is 0 Å². The average molecular weight is 318 g/mol. The van der Waals surface area contributed by atoms with Crippen LogP contribution < -0.4 is 10.2 Å². The molecule has 1 aromatic rings. The summed E-state index contributed by atoms with van der Waals surface area (Å²) in [5.74, 6) is 1.52. The Balaban J connectivity index is 1.97. The van der Waals surface area contributed by atoms with E-state index in [1.165, 1.54) is 19.3 Å². The first-order valence-corrected chi connectivity index (χ1v) is 9.00. The predicted molar refractivity (Wildman–Crippen MR) is 96.3 cm³/mol. The molecule has 0 spiro atoms. The van der Waals surface area contributed by atoms with Crippen LogP contribution in [0.25, 0.3) is 0 Å². The van der Waals surface area contributed by atoms with E-state index in [2.05, 4.69) is 27.7 Å². The Labute approximate surface area is 141 Å². The minimum atomic E-state index is -0.310. The van der Waals surface area contributed by atoms with Gasteiger partial charge in [-0.25, -0.2) is 0 Å². The van der Waals surface area contributed by atoms with Crippen LogP contribution in [0.2, 0.25) is 0 Å². The second kappa shape index (κ2) is 8.74. The van der Waals surface area contributed by atoms with Crippen molar-refractivity contribution >= 4 is 12.6 Å². The van der Waals surface area contributed by atoms with E-state index < -0.39 is 0 Å². The maximum Gasteiger partial charge on any atom is 0.497 e. The van der Waals surface area contributed by atoms with Gasteiger partial charge < -0.3 is 14.0 Å². The zero-order chi connectivity index (χ0) is 16.7.